The van der Waals surface area contributed by atoms with Gasteiger partial charge in [0, 0.05) is 19.6 Å². The largest absolute Gasteiger partial charge is 0.394 e. The van der Waals surface area contributed by atoms with Gasteiger partial charge in [-0.15, -0.1) is 0 Å². The first-order valence-corrected chi connectivity index (χ1v) is 7.05. The maximum absolute atomic E-state index is 8.73. The summed E-state index contributed by atoms with van der Waals surface area (Å²) in [6, 6.07) is 10.4. The van der Waals surface area contributed by atoms with E-state index >= 15 is 0 Å². The molecule has 1 fully saturated rings. The highest BCUT2D eigenvalue weighted by Crippen LogP contribution is 2.13. The van der Waals surface area contributed by atoms with Crippen LogP contribution < -0.4 is 0 Å². The summed E-state index contributed by atoms with van der Waals surface area (Å²) in [5.41, 5.74) is 1.25. The quantitative estimate of drug-likeness (QED) is 0.852. The highest BCUT2D eigenvalue weighted by atomic mass is 16.5. The molecule has 0 bridgehead atoms. The van der Waals surface area contributed by atoms with Gasteiger partial charge in [0.15, 0.2) is 0 Å². The third-order valence-corrected chi connectivity index (χ3v) is 3.45. The molecule has 3 heteroatoms. The predicted molar refractivity (Wildman–Crippen MR) is 78.0 cm³/mol. The molecule has 1 aromatic carbocycles. The minimum absolute atomic E-state index is 0.125. The van der Waals surface area contributed by atoms with Gasteiger partial charge >= 0.3 is 0 Å². The summed E-state index contributed by atoms with van der Waals surface area (Å²) >= 11 is 0. The van der Waals surface area contributed by atoms with E-state index in [1.807, 2.05) is 6.07 Å². The Morgan fingerprint density at radius 3 is 2.63 bits per heavy atom. The van der Waals surface area contributed by atoms with E-state index in [2.05, 4.69) is 41.3 Å². The Balaban J connectivity index is 1.67. The Morgan fingerprint density at radius 1 is 1.21 bits per heavy atom. The SMILES string of the molecule is OCCOC1CCN(C/C=C/c2ccccc2)CC1. The summed E-state index contributed by atoms with van der Waals surface area (Å²) in [7, 11) is 0. The van der Waals surface area contributed by atoms with Crippen molar-refractivity contribution < 1.29 is 9.84 Å². The second kappa shape index (κ2) is 8.10. The van der Waals surface area contributed by atoms with Crippen LogP contribution in [0, 0.1) is 0 Å². The third kappa shape index (κ3) is 5.15. The van der Waals surface area contributed by atoms with E-state index < -0.39 is 0 Å². The number of aliphatic hydroxyl groups is 1. The molecule has 1 heterocycles. The van der Waals surface area contributed by atoms with Crippen molar-refractivity contribution in [3.8, 4) is 0 Å². The maximum Gasteiger partial charge on any atom is 0.0701 e. The van der Waals surface area contributed by atoms with Crippen molar-refractivity contribution in [1.29, 1.82) is 0 Å². The number of benzene rings is 1. The van der Waals surface area contributed by atoms with Gasteiger partial charge in [-0.3, -0.25) is 4.90 Å². The zero-order valence-electron chi connectivity index (χ0n) is 11.4. The van der Waals surface area contributed by atoms with Gasteiger partial charge in [-0.25, -0.2) is 0 Å². The van der Waals surface area contributed by atoms with E-state index in [0.29, 0.717) is 12.7 Å². The summed E-state index contributed by atoms with van der Waals surface area (Å²) in [4.78, 5) is 2.44. The number of piperidine rings is 1. The molecule has 0 atom stereocenters. The number of likely N-dealkylation sites (tertiary alicyclic amines) is 1. The van der Waals surface area contributed by atoms with E-state index in [-0.39, 0.29) is 6.61 Å². The van der Waals surface area contributed by atoms with Crippen molar-refractivity contribution in [3.05, 3.63) is 42.0 Å². The fraction of sp³-hybridized carbons (Fsp3) is 0.500. The lowest BCUT2D eigenvalue weighted by molar-refractivity contribution is -0.00588. The first-order valence-electron chi connectivity index (χ1n) is 7.05. The molecule has 0 radical (unpaired) electrons. The van der Waals surface area contributed by atoms with Crippen molar-refractivity contribution in [3.63, 3.8) is 0 Å². The average Bonchev–Trinajstić information content (AvgIpc) is 2.47. The van der Waals surface area contributed by atoms with Crippen molar-refractivity contribution in [1.82, 2.24) is 4.90 Å². The van der Waals surface area contributed by atoms with Crippen molar-refractivity contribution in [2.24, 2.45) is 0 Å². The molecule has 1 aromatic rings. The van der Waals surface area contributed by atoms with Gasteiger partial charge in [-0.2, -0.15) is 0 Å². The first kappa shape index (κ1) is 14.3. The topological polar surface area (TPSA) is 32.7 Å². The molecule has 19 heavy (non-hydrogen) atoms. The molecule has 1 aliphatic rings. The number of ether oxygens (including phenoxy) is 1. The summed E-state index contributed by atoms with van der Waals surface area (Å²) in [5, 5.41) is 8.73. The molecule has 1 N–H and O–H groups in total. The first-order chi connectivity index (χ1) is 9.38. The Labute approximate surface area is 115 Å². The Kier molecular flexibility index (Phi) is 6.08. The smallest absolute Gasteiger partial charge is 0.0701 e. The van der Waals surface area contributed by atoms with Crippen LogP contribution in [-0.2, 0) is 4.74 Å². The van der Waals surface area contributed by atoms with Crippen LogP contribution in [0.5, 0.6) is 0 Å². The molecule has 104 valence electrons. The molecule has 0 unspecified atom stereocenters. The lowest BCUT2D eigenvalue weighted by atomic mass is 10.1. The predicted octanol–water partition coefficient (Wildman–Crippen LogP) is 2.17. The molecule has 0 aliphatic carbocycles. The molecule has 3 nitrogen and oxygen atoms in total. The molecule has 0 spiro atoms. The number of hydrogen-bond donors (Lipinski definition) is 1. The van der Waals surface area contributed by atoms with E-state index in [0.717, 1.165) is 32.5 Å². The molecule has 1 aliphatic heterocycles. The summed E-state index contributed by atoms with van der Waals surface area (Å²) in [6.07, 6.45) is 6.87. The molecular formula is C16H23NO2. The fourth-order valence-corrected chi connectivity index (χ4v) is 2.38. The number of hydrogen-bond acceptors (Lipinski definition) is 3. The lowest BCUT2D eigenvalue weighted by Gasteiger charge is -2.30. The summed E-state index contributed by atoms with van der Waals surface area (Å²) in [5.74, 6) is 0. The third-order valence-electron chi connectivity index (χ3n) is 3.45. The van der Waals surface area contributed by atoms with E-state index in [1.54, 1.807) is 0 Å². The van der Waals surface area contributed by atoms with Gasteiger partial charge in [-0.05, 0) is 18.4 Å². The van der Waals surface area contributed by atoms with E-state index in [1.165, 1.54) is 5.56 Å². The second-order valence-electron chi connectivity index (χ2n) is 4.91. The zero-order chi connectivity index (χ0) is 13.3. The average molecular weight is 261 g/mol. The van der Waals surface area contributed by atoms with Crippen molar-refractivity contribution in [2.45, 2.75) is 18.9 Å². The Hall–Kier alpha value is -1.16. The van der Waals surface area contributed by atoms with E-state index in [9.17, 15) is 0 Å². The monoisotopic (exact) mass is 261 g/mol. The Bertz CT molecular complexity index is 370. The van der Waals surface area contributed by atoms with Crippen LogP contribution in [0.2, 0.25) is 0 Å². The van der Waals surface area contributed by atoms with Crippen molar-refractivity contribution >= 4 is 6.08 Å². The van der Waals surface area contributed by atoms with Gasteiger partial charge in [-0.1, -0.05) is 42.5 Å². The fourth-order valence-electron chi connectivity index (χ4n) is 2.38. The van der Waals surface area contributed by atoms with Gasteiger partial charge in [0.25, 0.3) is 0 Å². The summed E-state index contributed by atoms with van der Waals surface area (Å²) in [6.45, 7) is 3.75. The standard InChI is InChI=1S/C16H23NO2/c18-13-14-19-16-8-11-17(12-9-16)10-4-7-15-5-2-1-3-6-15/h1-7,16,18H,8-14H2/b7-4+. The molecular weight excluding hydrogens is 238 g/mol. The normalized spacial score (nSPS) is 18.2. The van der Waals surface area contributed by atoms with Gasteiger partial charge in [0.05, 0.1) is 19.3 Å². The summed E-state index contributed by atoms with van der Waals surface area (Å²) < 4.78 is 5.56. The lowest BCUT2D eigenvalue weighted by Crippen LogP contribution is -2.37. The van der Waals surface area contributed by atoms with Crippen LogP contribution in [-0.4, -0.2) is 49.0 Å². The molecule has 0 saturated carbocycles. The van der Waals surface area contributed by atoms with Gasteiger partial charge < -0.3 is 9.84 Å². The van der Waals surface area contributed by atoms with Crippen LogP contribution >= 0.6 is 0 Å². The minimum atomic E-state index is 0.125. The maximum atomic E-state index is 8.73. The Morgan fingerprint density at radius 2 is 1.95 bits per heavy atom. The van der Waals surface area contributed by atoms with E-state index in [4.69, 9.17) is 9.84 Å². The van der Waals surface area contributed by atoms with Gasteiger partial charge in [0.2, 0.25) is 0 Å². The molecule has 0 aromatic heterocycles. The van der Waals surface area contributed by atoms with Crippen LogP contribution in [0.4, 0.5) is 0 Å². The van der Waals surface area contributed by atoms with Crippen LogP contribution in [0.25, 0.3) is 6.08 Å². The second-order valence-corrected chi connectivity index (χ2v) is 4.91. The number of aliphatic hydroxyl groups excluding tert-OH is 1. The van der Waals surface area contributed by atoms with Crippen LogP contribution in [0.3, 0.4) is 0 Å². The highest BCUT2D eigenvalue weighted by molar-refractivity contribution is 5.48. The molecule has 2 rings (SSSR count). The minimum Gasteiger partial charge on any atom is -0.394 e. The van der Waals surface area contributed by atoms with Crippen molar-refractivity contribution in [2.75, 3.05) is 32.8 Å². The van der Waals surface area contributed by atoms with Crippen LogP contribution in [0.15, 0.2) is 36.4 Å². The van der Waals surface area contributed by atoms with Crippen LogP contribution in [0.1, 0.15) is 18.4 Å². The highest BCUT2D eigenvalue weighted by Gasteiger charge is 2.18. The number of nitrogens with zero attached hydrogens (tertiary/aromatic N) is 1. The van der Waals surface area contributed by atoms with Gasteiger partial charge in [0.1, 0.15) is 0 Å². The molecule has 0 amide bonds. The molecule has 1 saturated heterocycles. The number of rotatable bonds is 6. The zero-order valence-corrected chi connectivity index (χ0v) is 11.4.